The summed E-state index contributed by atoms with van der Waals surface area (Å²) in [6, 6.07) is 8.65. The van der Waals surface area contributed by atoms with E-state index in [0.717, 1.165) is 0 Å². The van der Waals surface area contributed by atoms with Gasteiger partial charge in [-0.3, -0.25) is 0 Å². The fraction of sp³-hybridized carbons (Fsp3) is 0.0909. The minimum absolute atomic E-state index is 0.481. The lowest BCUT2D eigenvalue weighted by Crippen LogP contribution is -2.27. The first-order valence-electron chi connectivity index (χ1n) is 4.15. The SMILES string of the molecule is Cc1ccccc1[Si]1C=CC=C1. The molecule has 1 radical (unpaired) electrons. The van der Waals surface area contributed by atoms with Gasteiger partial charge in [0.05, 0.1) is 0 Å². The van der Waals surface area contributed by atoms with E-state index < -0.39 is 8.80 Å². The van der Waals surface area contributed by atoms with Gasteiger partial charge in [0.2, 0.25) is 0 Å². The van der Waals surface area contributed by atoms with Crippen LogP contribution in [0.15, 0.2) is 47.8 Å². The first-order valence-corrected chi connectivity index (χ1v) is 5.81. The third-order valence-electron chi connectivity index (χ3n) is 2.12. The molecule has 1 heteroatoms. The first kappa shape index (κ1) is 7.56. The van der Waals surface area contributed by atoms with Gasteiger partial charge in [-0.05, 0) is 12.1 Å². The van der Waals surface area contributed by atoms with E-state index in [1.54, 1.807) is 0 Å². The van der Waals surface area contributed by atoms with Crippen LogP contribution in [-0.2, 0) is 0 Å². The van der Waals surface area contributed by atoms with E-state index in [2.05, 4.69) is 54.7 Å². The van der Waals surface area contributed by atoms with Gasteiger partial charge in [0.1, 0.15) is 8.80 Å². The van der Waals surface area contributed by atoms with E-state index in [1.807, 2.05) is 0 Å². The third kappa shape index (κ3) is 1.28. The Balaban J connectivity index is 2.39. The number of allylic oxidation sites excluding steroid dienone is 2. The number of rotatable bonds is 1. The summed E-state index contributed by atoms with van der Waals surface area (Å²) in [6.07, 6.45) is 4.31. The number of aryl methyl sites for hydroxylation is 1. The number of hydrogen-bond acceptors (Lipinski definition) is 0. The molecule has 0 saturated carbocycles. The normalized spacial score (nSPS) is 15.8. The van der Waals surface area contributed by atoms with Gasteiger partial charge in [-0.15, -0.1) is 0 Å². The highest BCUT2D eigenvalue weighted by atomic mass is 28.3. The molecule has 0 amide bonds. The smallest absolute Gasteiger partial charge is 0.0877 e. The van der Waals surface area contributed by atoms with Gasteiger partial charge >= 0.3 is 0 Å². The summed E-state index contributed by atoms with van der Waals surface area (Å²) in [7, 11) is -0.481. The molecule has 1 aromatic carbocycles. The van der Waals surface area contributed by atoms with Crippen LogP contribution in [0.1, 0.15) is 5.56 Å². The lowest BCUT2D eigenvalue weighted by atomic mass is 10.2. The van der Waals surface area contributed by atoms with Crippen LogP contribution >= 0.6 is 0 Å². The molecule has 1 aliphatic rings. The summed E-state index contributed by atoms with van der Waals surface area (Å²) >= 11 is 0. The molecular formula is C11H11Si. The highest BCUT2D eigenvalue weighted by molar-refractivity contribution is 6.83. The summed E-state index contributed by atoms with van der Waals surface area (Å²) in [5.41, 5.74) is 6.07. The van der Waals surface area contributed by atoms with Crippen molar-refractivity contribution in [3.05, 3.63) is 53.4 Å². The first-order chi connectivity index (χ1) is 5.88. The Labute approximate surface area is 74.8 Å². The molecule has 0 atom stereocenters. The highest BCUT2D eigenvalue weighted by Crippen LogP contribution is 2.02. The molecule has 0 spiro atoms. The zero-order valence-electron chi connectivity index (χ0n) is 7.12. The quantitative estimate of drug-likeness (QED) is 0.566. The molecular weight excluding hydrogens is 160 g/mol. The Bertz CT molecular complexity index is 325. The summed E-state index contributed by atoms with van der Waals surface area (Å²) in [6.45, 7) is 2.19. The molecule has 0 bridgehead atoms. The highest BCUT2D eigenvalue weighted by Gasteiger charge is 2.10. The molecule has 0 N–H and O–H groups in total. The fourth-order valence-electron chi connectivity index (χ4n) is 1.45. The Hall–Kier alpha value is -1.08. The van der Waals surface area contributed by atoms with Crippen molar-refractivity contribution >= 4 is 14.0 Å². The van der Waals surface area contributed by atoms with Crippen molar-refractivity contribution in [2.24, 2.45) is 0 Å². The Morgan fingerprint density at radius 2 is 1.67 bits per heavy atom. The number of benzene rings is 1. The number of hydrogen-bond donors (Lipinski definition) is 0. The van der Waals surface area contributed by atoms with Gasteiger partial charge in [0.15, 0.2) is 0 Å². The summed E-state index contributed by atoms with van der Waals surface area (Å²) < 4.78 is 0. The van der Waals surface area contributed by atoms with E-state index in [9.17, 15) is 0 Å². The standard InChI is InChI=1S/C11H11Si/c1-10-6-2-3-7-11(10)12-8-4-5-9-12/h2-9H,1H3. The van der Waals surface area contributed by atoms with Crippen molar-refractivity contribution < 1.29 is 0 Å². The predicted octanol–water partition coefficient (Wildman–Crippen LogP) is 1.90. The minimum Gasteiger partial charge on any atom is -0.0877 e. The molecule has 0 aromatic heterocycles. The van der Waals surface area contributed by atoms with Gasteiger partial charge in [0, 0.05) is 0 Å². The zero-order valence-corrected chi connectivity index (χ0v) is 8.12. The second-order valence-corrected chi connectivity index (χ2v) is 5.10. The van der Waals surface area contributed by atoms with Crippen LogP contribution in [0.3, 0.4) is 0 Å². The summed E-state index contributed by atoms with van der Waals surface area (Å²) in [5.74, 6) is 0. The van der Waals surface area contributed by atoms with Crippen molar-refractivity contribution in [1.29, 1.82) is 0 Å². The molecule has 1 aliphatic heterocycles. The van der Waals surface area contributed by atoms with E-state index in [1.165, 1.54) is 10.8 Å². The van der Waals surface area contributed by atoms with Gasteiger partial charge in [-0.1, -0.05) is 53.4 Å². The average molecular weight is 171 g/mol. The lowest BCUT2D eigenvalue weighted by molar-refractivity contribution is 1.51. The molecule has 12 heavy (non-hydrogen) atoms. The maximum Gasteiger partial charge on any atom is 0.139 e. The third-order valence-corrected chi connectivity index (χ3v) is 4.40. The van der Waals surface area contributed by atoms with Crippen molar-refractivity contribution in [2.45, 2.75) is 6.92 Å². The predicted molar refractivity (Wildman–Crippen MR) is 54.8 cm³/mol. The molecule has 1 heterocycles. The zero-order chi connectivity index (χ0) is 8.39. The van der Waals surface area contributed by atoms with E-state index in [-0.39, 0.29) is 0 Å². The van der Waals surface area contributed by atoms with Gasteiger partial charge in [-0.2, -0.15) is 0 Å². The van der Waals surface area contributed by atoms with Crippen LogP contribution in [0, 0.1) is 6.92 Å². The van der Waals surface area contributed by atoms with Crippen molar-refractivity contribution in [1.82, 2.24) is 0 Å². The minimum atomic E-state index is -0.481. The molecule has 0 saturated heterocycles. The molecule has 0 unspecified atom stereocenters. The van der Waals surface area contributed by atoms with Gasteiger partial charge in [-0.25, -0.2) is 0 Å². The van der Waals surface area contributed by atoms with Gasteiger partial charge < -0.3 is 0 Å². The maximum atomic E-state index is 2.33. The second-order valence-electron chi connectivity index (χ2n) is 2.99. The van der Waals surface area contributed by atoms with Crippen LogP contribution in [0.25, 0.3) is 0 Å². The van der Waals surface area contributed by atoms with Crippen LogP contribution in [0.4, 0.5) is 0 Å². The molecule has 59 valence electrons. The monoisotopic (exact) mass is 171 g/mol. The molecule has 0 aliphatic carbocycles. The van der Waals surface area contributed by atoms with E-state index >= 15 is 0 Å². The van der Waals surface area contributed by atoms with Gasteiger partial charge in [0.25, 0.3) is 0 Å². The van der Waals surface area contributed by atoms with E-state index in [4.69, 9.17) is 0 Å². The van der Waals surface area contributed by atoms with Crippen molar-refractivity contribution in [3.63, 3.8) is 0 Å². The van der Waals surface area contributed by atoms with Crippen molar-refractivity contribution in [2.75, 3.05) is 0 Å². The Kier molecular flexibility index (Phi) is 1.96. The fourth-order valence-corrected chi connectivity index (χ4v) is 3.38. The Morgan fingerprint density at radius 3 is 2.33 bits per heavy atom. The molecule has 0 nitrogen and oxygen atoms in total. The van der Waals surface area contributed by atoms with E-state index in [0.29, 0.717) is 0 Å². The topological polar surface area (TPSA) is 0 Å². The lowest BCUT2D eigenvalue weighted by Gasteiger charge is -2.06. The largest absolute Gasteiger partial charge is 0.139 e. The molecule has 1 aromatic rings. The average Bonchev–Trinajstić information content (AvgIpc) is 2.57. The van der Waals surface area contributed by atoms with Crippen LogP contribution in [-0.4, -0.2) is 8.80 Å². The Morgan fingerprint density at radius 1 is 1.00 bits per heavy atom. The van der Waals surface area contributed by atoms with Crippen molar-refractivity contribution in [3.8, 4) is 0 Å². The second kappa shape index (κ2) is 3.11. The van der Waals surface area contributed by atoms with Crippen LogP contribution < -0.4 is 5.19 Å². The summed E-state index contributed by atoms with van der Waals surface area (Å²) in [5, 5.41) is 1.52. The molecule has 0 fully saturated rings. The summed E-state index contributed by atoms with van der Waals surface area (Å²) in [4.78, 5) is 0. The molecule has 2 rings (SSSR count). The maximum absolute atomic E-state index is 2.33. The van der Waals surface area contributed by atoms with Crippen LogP contribution in [0.5, 0.6) is 0 Å². The van der Waals surface area contributed by atoms with Crippen LogP contribution in [0.2, 0.25) is 0 Å².